The summed E-state index contributed by atoms with van der Waals surface area (Å²) in [5.41, 5.74) is 1.33. The number of carboxylic acids is 1. The molecule has 1 N–H and O–H groups in total. The van der Waals surface area contributed by atoms with Crippen molar-refractivity contribution in [3.8, 4) is 5.75 Å². The lowest BCUT2D eigenvalue weighted by atomic mass is 10.0. The molecule has 0 heterocycles. The van der Waals surface area contributed by atoms with Gasteiger partial charge < -0.3 is 9.84 Å². The minimum atomic E-state index is -0.925. The van der Waals surface area contributed by atoms with E-state index in [0.29, 0.717) is 12.4 Å². The third-order valence-corrected chi connectivity index (χ3v) is 3.18. The highest BCUT2D eigenvalue weighted by Gasteiger charge is 2.11. The lowest BCUT2D eigenvalue weighted by Gasteiger charge is -2.11. The summed E-state index contributed by atoms with van der Waals surface area (Å²) in [6.07, 6.45) is 2.01. The third-order valence-electron chi connectivity index (χ3n) is 3.18. The molecule has 0 radical (unpaired) electrons. The van der Waals surface area contributed by atoms with Gasteiger partial charge in [0.2, 0.25) is 0 Å². The Morgan fingerprint density at radius 2 is 2.05 bits per heavy atom. The van der Waals surface area contributed by atoms with Crippen LogP contribution in [0.2, 0.25) is 0 Å². The van der Waals surface area contributed by atoms with Crippen molar-refractivity contribution in [2.75, 3.05) is 6.61 Å². The molecule has 0 bridgehead atoms. The zero-order chi connectivity index (χ0) is 13.8. The molecule has 0 fully saturated rings. The summed E-state index contributed by atoms with van der Waals surface area (Å²) >= 11 is 0. The predicted molar refractivity (Wildman–Crippen MR) is 76.0 cm³/mol. The fraction of sp³-hybridized carbons (Fsp3) is 0.312. The van der Waals surface area contributed by atoms with E-state index in [-0.39, 0.29) is 5.56 Å². The minimum Gasteiger partial charge on any atom is -0.493 e. The molecule has 3 nitrogen and oxygen atoms in total. The molecular formula is C16H18O3. The van der Waals surface area contributed by atoms with E-state index in [4.69, 9.17) is 4.74 Å². The number of carbonyl (C=O) groups is 1. The first kappa shape index (κ1) is 13.4. The number of aryl methyl sites for hydroxylation is 1. The molecule has 100 valence electrons. The molecule has 0 saturated carbocycles. The van der Waals surface area contributed by atoms with Gasteiger partial charge in [0.15, 0.2) is 0 Å². The van der Waals surface area contributed by atoms with Gasteiger partial charge in [0.1, 0.15) is 5.75 Å². The van der Waals surface area contributed by atoms with Gasteiger partial charge in [-0.2, -0.15) is 0 Å². The lowest BCUT2D eigenvalue weighted by molar-refractivity contribution is 0.0696. The standard InChI is InChI=1S/C16H18O3/c1-3-4-8-19-15-10-12(16(17)18)9-14-11(2)6-5-7-13(14)15/h5-7,9-10H,3-4,8H2,1-2H3,(H,17,18). The number of fused-ring (bicyclic) bond motifs is 1. The van der Waals surface area contributed by atoms with Crippen molar-refractivity contribution in [1.29, 1.82) is 0 Å². The second-order valence-corrected chi connectivity index (χ2v) is 4.65. The number of unbranched alkanes of at least 4 members (excludes halogenated alkanes) is 1. The molecule has 0 aromatic heterocycles. The van der Waals surface area contributed by atoms with E-state index in [2.05, 4.69) is 6.92 Å². The highest BCUT2D eigenvalue weighted by molar-refractivity contribution is 5.98. The van der Waals surface area contributed by atoms with Crippen LogP contribution in [-0.4, -0.2) is 17.7 Å². The Labute approximate surface area is 112 Å². The van der Waals surface area contributed by atoms with Crippen LogP contribution in [0.25, 0.3) is 10.8 Å². The van der Waals surface area contributed by atoms with Crippen LogP contribution in [0.3, 0.4) is 0 Å². The van der Waals surface area contributed by atoms with E-state index in [1.165, 1.54) is 0 Å². The van der Waals surface area contributed by atoms with Crippen molar-refractivity contribution in [3.63, 3.8) is 0 Å². The molecule has 19 heavy (non-hydrogen) atoms. The van der Waals surface area contributed by atoms with Gasteiger partial charge in [-0.1, -0.05) is 31.5 Å². The zero-order valence-corrected chi connectivity index (χ0v) is 11.3. The van der Waals surface area contributed by atoms with Crippen LogP contribution in [0.5, 0.6) is 5.75 Å². The average Bonchev–Trinajstić information content (AvgIpc) is 2.39. The van der Waals surface area contributed by atoms with Gasteiger partial charge in [0, 0.05) is 5.39 Å². The first-order chi connectivity index (χ1) is 9.13. The molecule has 0 aliphatic carbocycles. The molecule has 0 aliphatic rings. The Bertz CT molecular complexity index is 602. The molecule has 0 unspecified atom stereocenters. The summed E-state index contributed by atoms with van der Waals surface area (Å²) < 4.78 is 5.74. The van der Waals surface area contributed by atoms with Crippen LogP contribution in [0.4, 0.5) is 0 Å². The van der Waals surface area contributed by atoms with Crippen molar-refractivity contribution in [2.24, 2.45) is 0 Å². The average molecular weight is 258 g/mol. The summed E-state index contributed by atoms with van der Waals surface area (Å²) in [5, 5.41) is 11.1. The number of carboxylic acid groups (broad SMARTS) is 1. The predicted octanol–water partition coefficient (Wildman–Crippen LogP) is 4.03. The maximum Gasteiger partial charge on any atom is 0.335 e. The maximum absolute atomic E-state index is 11.2. The monoisotopic (exact) mass is 258 g/mol. The van der Waals surface area contributed by atoms with Gasteiger partial charge in [0.05, 0.1) is 12.2 Å². The molecule has 3 heteroatoms. The van der Waals surface area contributed by atoms with Gasteiger partial charge in [-0.15, -0.1) is 0 Å². The van der Waals surface area contributed by atoms with Crippen molar-refractivity contribution >= 4 is 16.7 Å². The number of ether oxygens (including phenoxy) is 1. The molecule has 2 aromatic carbocycles. The first-order valence-corrected chi connectivity index (χ1v) is 6.53. The highest BCUT2D eigenvalue weighted by atomic mass is 16.5. The van der Waals surface area contributed by atoms with Gasteiger partial charge in [-0.25, -0.2) is 4.79 Å². The fourth-order valence-electron chi connectivity index (χ4n) is 2.07. The zero-order valence-electron chi connectivity index (χ0n) is 11.3. The smallest absolute Gasteiger partial charge is 0.335 e. The van der Waals surface area contributed by atoms with Gasteiger partial charge >= 0.3 is 5.97 Å². The molecular weight excluding hydrogens is 240 g/mol. The Kier molecular flexibility index (Phi) is 4.05. The topological polar surface area (TPSA) is 46.5 Å². The second kappa shape index (κ2) is 5.74. The van der Waals surface area contributed by atoms with Crippen LogP contribution in [0, 0.1) is 6.92 Å². The maximum atomic E-state index is 11.2. The normalized spacial score (nSPS) is 10.6. The third kappa shape index (κ3) is 2.87. The molecule has 0 aliphatic heterocycles. The summed E-state index contributed by atoms with van der Waals surface area (Å²) in [6.45, 7) is 4.69. The number of rotatable bonds is 5. The van der Waals surface area contributed by atoms with Crippen LogP contribution in [0.15, 0.2) is 30.3 Å². The van der Waals surface area contributed by atoms with Crippen LogP contribution in [-0.2, 0) is 0 Å². The van der Waals surface area contributed by atoms with Gasteiger partial charge in [-0.05, 0) is 36.4 Å². The number of hydrogen-bond acceptors (Lipinski definition) is 2. The largest absolute Gasteiger partial charge is 0.493 e. The summed E-state index contributed by atoms with van der Waals surface area (Å²) in [5.74, 6) is -0.266. The Hall–Kier alpha value is -2.03. The van der Waals surface area contributed by atoms with Crippen molar-refractivity contribution in [1.82, 2.24) is 0 Å². The lowest BCUT2D eigenvalue weighted by Crippen LogP contribution is -2.01. The van der Waals surface area contributed by atoms with Crippen molar-refractivity contribution in [3.05, 3.63) is 41.5 Å². The summed E-state index contributed by atoms with van der Waals surface area (Å²) in [4.78, 5) is 11.2. The second-order valence-electron chi connectivity index (χ2n) is 4.65. The Balaban J connectivity index is 2.52. The number of hydrogen-bond donors (Lipinski definition) is 1. The quantitative estimate of drug-likeness (QED) is 0.824. The summed E-state index contributed by atoms with van der Waals surface area (Å²) in [7, 11) is 0. The SMILES string of the molecule is CCCCOc1cc(C(=O)O)cc2c(C)cccc12. The summed E-state index contributed by atoms with van der Waals surface area (Å²) in [6, 6.07) is 9.23. The molecule has 0 atom stereocenters. The van der Waals surface area contributed by atoms with E-state index in [1.807, 2.05) is 25.1 Å². The van der Waals surface area contributed by atoms with E-state index in [0.717, 1.165) is 29.2 Å². The molecule has 0 amide bonds. The Morgan fingerprint density at radius 3 is 2.74 bits per heavy atom. The van der Waals surface area contributed by atoms with Crippen LogP contribution >= 0.6 is 0 Å². The van der Waals surface area contributed by atoms with Gasteiger partial charge in [-0.3, -0.25) is 0 Å². The number of benzene rings is 2. The van der Waals surface area contributed by atoms with Gasteiger partial charge in [0.25, 0.3) is 0 Å². The Morgan fingerprint density at radius 1 is 1.26 bits per heavy atom. The minimum absolute atomic E-state index is 0.272. The van der Waals surface area contributed by atoms with Crippen LogP contribution in [0.1, 0.15) is 35.7 Å². The van der Waals surface area contributed by atoms with E-state index >= 15 is 0 Å². The van der Waals surface area contributed by atoms with Crippen molar-refractivity contribution in [2.45, 2.75) is 26.7 Å². The van der Waals surface area contributed by atoms with E-state index < -0.39 is 5.97 Å². The first-order valence-electron chi connectivity index (χ1n) is 6.53. The number of aromatic carboxylic acids is 1. The van der Waals surface area contributed by atoms with E-state index in [1.54, 1.807) is 12.1 Å². The van der Waals surface area contributed by atoms with Crippen molar-refractivity contribution < 1.29 is 14.6 Å². The fourth-order valence-corrected chi connectivity index (χ4v) is 2.07. The molecule has 2 aromatic rings. The molecule has 2 rings (SSSR count). The molecule has 0 saturated heterocycles. The molecule has 0 spiro atoms. The highest BCUT2D eigenvalue weighted by Crippen LogP contribution is 2.30. The van der Waals surface area contributed by atoms with Crippen LogP contribution < -0.4 is 4.74 Å². The van der Waals surface area contributed by atoms with E-state index in [9.17, 15) is 9.90 Å².